The van der Waals surface area contributed by atoms with Gasteiger partial charge < -0.3 is 4.90 Å². The summed E-state index contributed by atoms with van der Waals surface area (Å²) in [4.78, 5) is 2.44. The van der Waals surface area contributed by atoms with E-state index >= 15 is 0 Å². The zero-order chi connectivity index (χ0) is 29.7. The molecule has 1 nitrogen and oxygen atoms in total. The molecule has 0 N–H and O–H groups in total. The maximum Gasteiger partial charge on any atom is 0.0543 e. The molecule has 1 aliphatic rings. The van der Waals surface area contributed by atoms with Crippen molar-refractivity contribution in [3.05, 3.63) is 175 Å². The molecule has 0 fully saturated rings. The summed E-state index contributed by atoms with van der Waals surface area (Å²) in [5.74, 6) is 0. The highest BCUT2D eigenvalue weighted by Crippen LogP contribution is 2.57. The summed E-state index contributed by atoms with van der Waals surface area (Å²) in [5.41, 5.74) is 13.6. The van der Waals surface area contributed by atoms with Gasteiger partial charge in [0, 0.05) is 22.4 Å². The fourth-order valence-corrected chi connectivity index (χ4v) is 7.23. The van der Waals surface area contributed by atoms with Crippen LogP contribution in [-0.4, -0.2) is 0 Å². The van der Waals surface area contributed by atoms with Gasteiger partial charge in [-0.3, -0.25) is 0 Å². The molecule has 1 heteroatoms. The first-order chi connectivity index (χ1) is 21.6. The molecule has 0 bridgehead atoms. The van der Waals surface area contributed by atoms with Gasteiger partial charge in [-0.25, -0.2) is 0 Å². The molecule has 44 heavy (non-hydrogen) atoms. The second-order valence-corrected chi connectivity index (χ2v) is 12.2. The summed E-state index contributed by atoms with van der Waals surface area (Å²) in [6, 6.07) is 59.4. The third kappa shape index (κ3) is 4.16. The summed E-state index contributed by atoms with van der Waals surface area (Å²) in [6.45, 7) is 4.78. The van der Waals surface area contributed by atoms with Crippen molar-refractivity contribution in [2.45, 2.75) is 19.3 Å². The van der Waals surface area contributed by atoms with Gasteiger partial charge in [-0.2, -0.15) is 0 Å². The Kier molecular flexibility index (Phi) is 6.20. The van der Waals surface area contributed by atoms with Crippen LogP contribution in [0.2, 0.25) is 0 Å². The molecule has 0 spiro atoms. The quantitative estimate of drug-likeness (QED) is 0.201. The van der Waals surface area contributed by atoms with Crippen LogP contribution in [0.1, 0.15) is 25.0 Å². The van der Waals surface area contributed by atoms with E-state index in [-0.39, 0.29) is 5.41 Å². The van der Waals surface area contributed by atoms with Crippen LogP contribution in [0.15, 0.2) is 164 Å². The molecule has 0 aliphatic heterocycles. The van der Waals surface area contributed by atoms with E-state index in [1.54, 1.807) is 0 Å². The van der Waals surface area contributed by atoms with Crippen LogP contribution >= 0.6 is 0 Å². The van der Waals surface area contributed by atoms with E-state index in [2.05, 4.69) is 183 Å². The van der Waals surface area contributed by atoms with Crippen LogP contribution < -0.4 is 4.90 Å². The molecule has 0 atom stereocenters. The summed E-state index contributed by atoms with van der Waals surface area (Å²) in [5, 5.41) is 2.63. The van der Waals surface area contributed by atoms with Crippen LogP contribution in [0.25, 0.3) is 44.2 Å². The van der Waals surface area contributed by atoms with E-state index in [0.29, 0.717) is 0 Å². The standard InChI is InChI=1S/C43H33N/c1-43(2)39-26-15-27-40(41(39)38-29-37(31-18-8-4-9-19-31)35-24-12-13-25-36(35)42(38)43)44(33-21-10-5-11-22-33)34-23-14-20-32(28-34)30-16-6-3-7-17-30/h3-29H,1-2H3. The Morgan fingerprint density at radius 3 is 1.73 bits per heavy atom. The lowest BCUT2D eigenvalue weighted by Gasteiger charge is -2.29. The van der Waals surface area contributed by atoms with Crippen molar-refractivity contribution in [1.29, 1.82) is 0 Å². The summed E-state index contributed by atoms with van der Waals surface area (Å²) >= 11 is 0. The first-order valence-corrected chi connectivity index (χ1v) is 15.4. The Morgan fingerprint density at radius 1 is 0.432 bits per heavy atom. The van der Waals surface area contributed by atoms with Gasteiger partial charge >= 0.3 is 0 Å². The van der Waals surface area contributed by atoms with Crippen LogP contribution in [0.3, 0.4) is 0 Å². The Balaban J connectivity index is 1.42. The Labute approximate surface area is 259 Å². The van der Waals surface area contributed by atoms with Gasteiger partial charge in [0.15, 0.2) is 0 Å². The van der Waals surface area contributed by atoms with E-state index in [1.165, 1.54) is 61.0 Å². The van der Waals surface area contributed by atoms with E-state index < -0.39 is 0 Å². The Morgan fingerprint density at radius 2 is 1.00 bits per heavy atom. The lowest BCUT2D eigenvalue weighted by molar-refractivity contribution is 0.666. The molecule has 0 amide bonds. The molecule has 0 radical (unpaired) electrons. The van der Waals surface area contributed by atoms with Crippen LogP contribution in [0.5, 0.6) is 0 Å². The molecule has 8 rings (SSSR count). The SMILES string of the molecule is CC1(C)c2cccc(N(c3ccccc3)c3cccc(-c4ccccc4)c3)c2-c2cc(-c3ccccc3)c3ccccc3c21. The average Bonchev–Trinajstić information content (AvgIpc) is 3.32. The van der Waals surface area contributed by atoms with Gasteiger partial charge in [-0.05, 0) is 86.1 Å². The molecule has 0 saturated carbocycles. The van der Waals surface area contributed by atoms with Gasteiger partial charge in [0.05, 0.1) is 5.69 Å². The summed E-state index contributed by atoms with van der Waals surface area (Å²) in [6.07, 6.45) is 0. The van der Waals surface area contributed by atoms with Crippen LogP contribution in [0.4, 0.5) is 17.1 Å². The van der Waals surface area contributed by atoms with Crippen molar-refractivity contribution in [1.82, 2.24) is 0 Å². The van der Waals surface area contributed by atoms with E-state index in [9.17, 15) is 0 Å². The topological polar surface area (TPSA) is 3.24 Å². The van der Waals surface area contributed by atoms with Crippen molar-refractivity contribution in [2.24, 2.45) is 0 Å². The molecule has 0 unspecified atom stereocenters. The normalized spacial score (nSPS) is 13.0. The number of hydrogen-bond donors (Lipinski definition) is 0. The van der Waals surface area contributed by atoms with Crippen LogP contribution in [-0.2, 0) is 5.41 Å². The fraction of sp³-hybridized carbons (Fsp3) is 0.0698. The van der Waals surface area contributed by atoms with Crippen molar-refractivity contribution in [3.8, 4) is 33.4 Å². The zero-order valence-corrected chi connectivity index (χ0v) is 25.0. The lowest BCUT2D eigenvalue weighted by Crippen LogP contribution is -2.16. The second kappa shape index (κ2) is 10.4. The molecular formula is C43H33N. The smallest absolute Gasteiger partial charge is 0.0543 e. The maximum atomic E-state index is 2.45. The molecular weight excluding hydrogens is 530 g/mol. The minimum Gasteiger partial charge on any atom is -0.310 e. The minimum atomic E-state index is -0.163. The van der Waals surface area contributed by atoms with Gasteiger partial charge in [0.25, 0.3) is 0 Å². The number of nitrogens with zero attached hydrogens (tertiary/aromatic N) is 1. The van der Waals surface area contributed by atoms with Gasteiger partial charge in [0.2, 0.25) is 0 Å². The van der Waals surface area contributed by atoms with Crippen molar-refractivity contribution in [2.75, 3.05) is 4.90 Å². The average molecular weight is 564 g/mol. The molecule has 0 saturated heterocycles. The number of hydrogen-bond acceptors (Lipinski definition) is 1. The monoisotopic (exact) mass is 563 g/mol. The van der Waals surface area contributed by atoms with E-state index in [1.807, 2.05) is 0 Å². The first-order valence-electron chi connectivity index (χ1n) is 15.4. The predicted molar refractivity (Wildman–Crippen MR) is 187 cm³/mol. The highest BCUT2D eigenvalue weighted by atomic mass is 15.1. The highest BCUT2D eigenvalue weighted by Gasteiger charge is 2.40. The van der Waals surface area contributed by atoms with E-state index in [0.717, 1.165) is 11.4 Å². The highest BCUT2D eigenvalue weighted by molar-refractivity contribution is 6.08. The number of fused-ring (bicyclic) bond motifs is 5. The van der Waals surface area contributed by atoms with Gasteiger partial charge in [0.1, 0.15) is 0 Å². The lowest BCUT2D eigenvalue weighted by atomic mass is 9.79. The maximum absolute atomic E-state index is 2.45. The number of anilines is 3. The zero-order valence-electron chi connectivity index (χ0n) is 25.0. The van der Waals surface area contributed by atoms with Gasteiger partial charge in [-0.1, -0.05) is 141 Å². The minimum absolute atomic E-state index is 0.163. The first kappa shape index (κ1) is 26.2. The van der Waals surface area contributed by atoms with Crippen molar-refractivity contribution in [3.63, 3.8) is 0 Å². The summed E-state index contributed by atoms with van der Waals surface area (Å²) < 4.78 is 0. The third-order valence-corrected chi connectivity index (χ3v) is 9.21. The molecule has 7 aromatic carbocycles. The number of rotatable bonds is 5. The fourth-order valence-electron chi connectivity index (χ4n) is 7.23. The second-order valence-electron chi connectivity index (χ2n) is 12.2. The Hall–Kier alpha value is -5.40. The largest absolute Gasteiger partial charge is 0.310 e. The van der Waals surface area contributed by atoms with Crippen molar-refractivity contribution >= 4 is 27.8 Å². The third-order valence-electron chi connectivity index (χ3n) is 9.21. The summed E-state index contributed by atoms with van der Waals surface area (Å²) in [7, 11) is 0. The molecule has 0 heterocycles. The van der Waals surface area contributed by atoms with Crippen molar-refractivity contribution < 1.29 is 0 Å². The molecule has 0 aromatic heterocycles. The van der Waals surface area contributed by atoms with E-state index in [4.69, 9.17) is 0 Å². The Bertz CT molecular complexity index is 2130. The number of para-hydroxylation sites is 1. The molecule has 7 aromatic rings. The number of benzene rings is 7. The molecule has 210 valence electrons. The predicted octanol–water partition coefficient (Wildman–Crippen LogP) is 11.9. The van der Waals surface area contributed by atoms with Crippen LogP contribution in [0, 0.1) is 0 Å². The van der Waals surface area contributed by atoms with Gasteiger partial charge in [-0.15, -0.1) is 0 Å². The molecule has 1 aliphatic carbocycles.